The highest BCUT2D eigenvalue weighted by Crippen LogP contribution is 2.39. The fourth-order valence-corrected chi connectivity index (χ4v) is 10.6. The largest absolute Gasteiger partial charge is 0.467 e. The van der Waals surface area contributed by atoms with Crippen LogP contribution in [0.2, 0.25) is 0 Å². The molecule has 0 aliphatic rings. The van der Waals surface area contributed by atoms with E-state index in [1.807, 2.05) is 86.6 Å². The molecule has 0 saturated carbocycles. The van der Waals surface area contributed by atoms with Crippen molar-refractivity contribution < 1.29 is 9.84 Å². The summed E-state index contributed by atoms with van der Waals surface area (Å²) in [5, 5.41) is 25.3. The number of hydrogen-bond acceptors (Lipinski definition) is 9. The van der Waals surface area contributed by atoms with Gasteiger partial charge in [0, 0.05) is 27.5 Å². The van der Waals surface area contributed by atoms with E-state index < -0.39 is 20.3 Å². The van der Waals surface area contributed by atoms with Crippen molar-refractivity contribution in [1.82, 2.24) is 38.9 Å². The molecule has 10 rings (SSSR count). The minimum atomic E-state index is -0.625. The van der Waals surface area contributed by atoms with Gasteiger partial charge in [-0.15, -0.1) is 0 Å². The molecule has 6 aromatic carbocycles. The van der Waals surface area contributed by atoms with Gasteiger partial charge in [0.1, 0.15) is 29.9 Å². The Morgan fingerprint density at radius 3 is 1.37 bits per heavy atom. The Morgan fingerprint density at radius 1 is 0.564 bits per heavy atom. The third-order valence-corrected chi connectivity index (χ3v) is 14.1. The van der Waals surface area contributed by atoms with Crippen molar-refractivity contribution in [3.05, 3.63) is 232 Å². The Kier molecular flexibility index (Phi) is 14.3. The van der Waals surface area contributed by atoms with E-state index in [1.165, 1.54) is 7.11 Å². The zero-order valence-corrected chi connectivity index (χ0v) is 45.4. The Morgan fingerprint density at radius 2 is 0.987 bits per heavy atom. The van der Waals surface area contributed by atoms with Crippen molar-refractivity contribution in [2.24, 2.45) is 0 Å². The topological polar surface area (TPSA) is 145 Å². The molecule has 0 saturated heterocycles. The molecular weight excluding hydrogens is 962 g/mol. The Hall–Kier alpha value is -9.23. The van der Waals surface area contributed by atoms with Crippen LogP contribution in [0.1, 0.15) is 81.8 Å². The molecule has 4 heterocycles. The summed E-state index contributed by atoms with van der Waals surface area (Å²) >= 11 is 0. The Labute approximate surface area is 456 Å². The van der Waals surface area contributed by atoms with Gasteiger partial charge < -0.3 is 18.8 Å². The van der Waals surface area contributed by atoms with E-state index in [0.717, 1.165) is 44.1 Å². The number of rotatable bonds is 12. The third kappa shape index (κ3) is 9.90. The summed E-state index contributed by atoms with van der Waals surface area (Å²) in [5.74, 6) is 1.14. The minimum absolute atomic E-state index is 0.00613. The summed E-state index contributed by atoms with van der Waals surface area (Å²) in [6.45, 7) is 24.6. The fraction of sp³-hybridized carbons (Fsp3) is 0.188. The van der Waals surface area contributed by atoms with Gasteiger partial charge in [-0.25, -0.2) is 24.8 Å². The van der Waals surface area contributed by atoms with E-state index in [-0.39, 0.29) is 45.6 Å². The lowest BCUT2D eigenvalue weighted by molar-refractivity contribution is 0.266. The van der Waals surface area contributed by atoms with Crippen LogP contribution < -0.4 is 37.3 Å². The number of ether oxygens (including phenoxy) is 1. The quantitative estimate of drug-likeness (QED) is 0.0952. The van der Waals surface area contributed by atoms with Crippen molar-refractivity contribution in [2.45, 2.75) is 72.8 Å². The molecular formula is C64H58B2N10O2. The first-order chi connectivity index (χ1) is 37.6. The second-order valence-corrected chi connectivity index (χ2v) is 21.4. The number of aryl methyl sites for hydroxylation is 2. The van der Waals surface area contributed by atoms with Crippen LogP contribution in [0, 0.1) is 31.8 Å². The van der Waals surface area contributed by atoms with Crippen LogP contribution in [-0.2, 0) is 17.4 Å². The van der Waals surface area contributed by atoms with Gasteiger partial charge in [-0.05, 0) is 59.1 Å². The van der Waals surface area contributed by atoms with Crippen LogP contribution >= 0.6 is 0 Å². The number of nitriles is 1. The predicted molar refractivity (Wildman–Crippen MR) is 313 cm³/mol. The van der Waals surface area contributed by atoms with E-state index in [9.17, 15) is 16.9 Å². The normalized spacial score (nSPS) is 12.4. The van der Waals surface area contributed by atoms with Crippen molar-refractivity contribution in [3.8, 4) is 34.6 Å². The molecule has 0 bridgehead atoms. The van der Waals surface area contributed by atoms with Gasteiger partial charge in [-0.2, -0.15) is 15.2 Å². The second kappa shape index (κ2) is 21.4. The van der Waals surface area contributed by atoms with Gasteiger partial charge in [-0.3, -0.25) is 0 Å². The van der Waals surface area contributed by atoms with Crippen LogP contribution in [-0.4, -0.2) is 64.8 Å². The number of aliphatic hydroxyl groups is 1. The molecule has 0 fully saturated rings. The van der Waals surface area contributed by atoms with Crippen molar-refractivity contribution in [1.29, 1.82) is 5.26 Å². The monoisotopic (exact) mass is 1020 g/mol. The number of hydrogen-bond donors (Lipinski definition) is 1. The average Bonchev–Trinajstić information content (AvgIpc) is 4.10. The van der Waals surface area contributed by atoms with Crippen molar-refractivity contribution >= 4 is 57.6 Å². The number of nitrogens with zero attached hydrogens (tertiary/aromatic N) is 10. The van der Waals surface area contributed by atoms with Crippen molar-refractivity contribution in [3.63, 3.8) is 0 Å². The lowest BCUT2D eigenvalue weighted by atomic mass is 9.50. The minimum Gasteiger partial charge on any atom is -0.467 e. The first-order valence-corrected chi connectivity index (χ1v) is 26.0. The summed E-state index contributed by atoms with van der Waals surface area (Å²) in [6.07, 6.45) is 0. The second-order valence-electron chi connectivity index (χ2n) is 21.4. The maximum Gasteiger partial charge on any atom is 0.328 e. The van der Waals surface area contributed by atoms with Gasteiger partial charge >= 0.3 is 19.7 Å². The molecule has 1 N–H and O–H groups in total. The molecule has 14 heteroatoms. The molecule has 10 aromatic rings. The lowest BCUT2D eigenvalue weighted by Gasteiger charge is -2.26. The highest BCUT2D eigenvalue weighted by Gasteiger charge is 2.38. The van der Waals surface area contributed by atoms with Crippen LogP contribution in [0.5, 0.6) is 6.01 Å². The zero-order chi connectivity index (χ0) is 54.9. The molecule has 12 nitrogen and oxygen atoms in total. The average molecular weight is 1020 g/mol. The molecule has 0 amide bonds. The highest BCUT2D eigenvalue weighted by atomic mass is 16.5. The van der Waals surface area contributed by atoms with Gasteiger partial charge in [0.05, 0.1) is 19.0 Å². The van der Waals surface area contributed by atoms with Crippen LogP contribution in [0.4, 0.5) is 0 Å². The van der Waals surface area contributed by atoms with Crippen LogP contribution in [0.15, 0.2) is 170 Å². The molecule has 0 atom stereocenters. The molecule has 0 aliphatic heterocycles. The van der Waals surface area contributed by atoms with Gasteiger partial charge in [-0.1, -0.05) is 221 Å². The van der Waals surface area contributed by atoms with E-state index in [1.54, 1.807) is 0 Å². The maximum atomic E-state index is 12.3. The summed E-state index contributed by atoms with van der Waals surface area (Å²) in [4.78, 5) is 33.2. The number of aromatic nitrogens is 8. The van der Waals surface area contributed by atoms with Gasteiger partial charge in [0.25, 0.3) is 5.70 Å². The predicted octanol–water partition coefficient (Wildman–Crippen LogP) is 7.97. The number of methoxy groups -OCH3 is 1. The molecule has 0 radical (unpaired) electrons. The first-order valence-electron chi connectivity index (χ1n) is 26.0. The number of benzene rings is 6. The van der Waals surface area contributed by atoms with Gasteiger partial charge in [0.15, 0.2) is 17.5 Å². The van der Waals surface area contributed by atoms with E-state index in [0.29, 0.717) is 44.5 Å². The molecule has 4 aromatic heterocycles. The summed E-state index contributed by atoms with van der Waals surface area (Å²) in [6, 6.07) is 60.8. The lowest BCUT2D eigenvalue weighted by Crippen LogP contribution is -2.54. The van der Waals surface area contributed by atoms with Crippen molar-refractivity contribution in [2.75, 3.05) is 7.11 Å². The SMILES string of the molecule is [C-]#[N+]/C(c1nc(C)nc(C)n1)=c1\c2c(-c3cccc(C(C)(C)C)c3)n(B(c3ccccc3)c3ccccc3)/c(=C(/C#N)c3nc(CO)nc(OC)n3)c2c(-c2cccc(C(C)(C)C)c2)n1B(c1ccccc1)c1ccccc1. The molecule has 78 heavy (non-hydrogen) atoms. The van der Waals surface area contributed by atoms with Gasteiger partial charge in [0.2, 0.25) is 0 Å². The van der Waals surface area contributed by atoms with E-state index in [2.05, 4.69) is 168 Å². The summed E-state index contributed by atoms with van der Waals surface area (Å²) < 4.78 is 10.2. The number of aliphatic hydroxyl groups excluding tert-OH is 1. The summed E-state index contributed by atoms with van der Waals surface area (Å²) in [5.41, 5.74) is 8.62. The Balaban J connectivity index is 1.67. The number of fused-ring (bicyclic) bond motifs is 1. The van der Waals surface area contributed by atoms with E-state index >= 15 is 0 Å². The fourth-order valence-electron chi connectivity index (χ4n) is 10.6. The molecule has 0 unspecified atom stereocenters. The van der Waals surface area contributed by atoms with Crippen LogP contribution in [0.3, 0.4) is 0 Å². The zero-order valence-electron chi connectivity index (χ0n) is 45.4. The molecule has 0 spiro atoms. The smallest absolute Gasteiger partial charge is 0.328 e. The maximum absolute atomic E-state index is 12.3. The summed E-state index contributed by atoms with van der Waals surface area (Å²) in [7, 11) is 1.45. The third-order valence-electron chi connectivity index (χ3n) is 14.1. The Bertz CT molecular complexity index is 3900. The van der Waals surface area contributed by atoms with Crippen LogP contribution in [0.25, 0.3) is 49.4 Å². The first kappa shape index (κ1) is 52.2. The van der Waals surface area contributed by atoms with E-state index in [4.69, 9.17) is 24.7 Å². The highest BCUT2D eigenvalue weighted by molar-refractivity contribution is 6.85. The standard InChI is InChI=1S/C64H58B2N10O2/c1-41-69-42(2)71-61(70-41)55(68-9)59-54-53(56(43-25-23-27-45(37-43)63(3,4)5)76(59)66(49-33-19-13-20-34-49)50-35-21-14-22-36-50)58(51(39-67)60-72-52(40-77)73-62(74-60)78-10)75(57(54)44-26-24-28-46(38-44)64(6,7)8)65(47-29-15-11-16-30-47)48-31-17-12-18-32-48/h11-38,77H,40H2,1-8,10H3/b58-51-,59-55+. The molecule has 0 aliphatic carbocycles. The molecule has 382 valence electrons.